The van der Waals surface area contributed by atoms with Gasteiger partial charge in [-0.25, -0.2) is 4.39 Å². The molecule has 0 aliphatic rings. The van der Waals surface area contributed by atoms with Crippen molar-refractivity contribution in [3.8, 4) is 23.1 Å². The number of nitrogens with zero attached hydrogens (tertiary/aromatic N) is 2. The number of ether oxygens (including phenoxy) is 1. The van der Waals surface area contributed by atoms with E-state index in [9.17, 15) is 4.39 Å². The van der Waals surface area contributed by atoms with Gasteiger partial charge in [0.15, 0.2) is 0 Å². The van der Waals surface area contributed by atoms with Crippen molar-refractivity contribution in [2.45, 2.75) is 0 Å². The van der Waals surface area contributed by atoms with E-state index in [1.165, 1.54) is 19.2 Å². The number of methoxy groups -OCH3 is 1. The van der Waals surface area contributed by atoms with Crippen LogP contribution in [0, 0.1) is 17.1 Å². The Balaban J connectivity index is 2.74. The van der Waals surface area contributed by atoms with E-state index >= 15 is 0 Å². The molecule has 2 aromatic rings. The third-order valence-corrected chi connectivity index (χ3v) is 2.51. The van der Waals surface area contributed by atoms with Crippen LogP contribution in [0.2, 0.25) is 0 Å². The number of rotatable bonds is 2. The van der Waals surface area contributed by atoms with Crippen molar-refractivity contribution in [3.63, 3.8) is 0 Å². The highest BCUT2D eigenvalue weighted by molar-refractivity contribution is 5.76. The van der Waals surface area contributed by atoms with Crippen molar-refractivity contribution in [2.24, 2.45) is 0 Å². The molecule has 0 fully saturated rings. The van der Waals surface area contributed by atoms with E-state index < -0.39 is 5.82 Å². The highest BCUT2D eigenvalue weighted by Crippen LogP contribution is 2.31. The first-order chi connectivity index (χ1) is 8.67. The molecule has 0 unspecified atom stereocenters. The van der Waals surface area contributed by atoms with Gasteiger partial charge in [-0.1, -0.05) is 18.2 Å². The quantitative estimate of drug-likeness (QED) is 0.878. The lowest BCUT2D eigenvalue weighted by atomic mass is 10.0. The van der Waals surface area contributed by atoms with Crippen LogP contribution in [-0.4, -0.2) is 12.1 Å². The molecule has 1 aromatic carbocycles. The Labute approximate surface area is 103 Å². The molecule has 1 heterocycles. The Morgan fingerprint density at radius 1 is 1.33 bits per heavy atom. The molecule has 0 radical (unpaired) electrons. The summed E-state index contributed by atoms with van der Waals surface area (Å²) in [5, 5.41) is 9.08. The summed E-state index contributed by atoms with van der Waals surface area (Å²) < 4.78 is 18.7. The maximum absolute atomic E-state index is 13.7. The first-order valence-corrected chi connectivity index (χ1v) is 5.17. The van der Waals surface area contributed by atoms with Gasteiger partial charge in [-0.3, -0.25) is 0 Å². The molecule has 0 aliphatic carbocycles. The van der Waals surface area contributed by atoms with Gasteiger partial charge in [0.2, 0.25) is 5.88 Å². The summed E-state index contributed by atoms with van der Waals surface area (Å²) in [5.74, 6) is -0.165. The van der Waals surface area contributed by atoms with Gasteiger partial charge in [-0.2, -0.15) is 10.2 Å². The Bertz CT molecular complexity index is 635. The summed E-state index contributed by atoms with van der Waals surface area (Å²) in [6, 6.07) is 9.58. The van der Waals surface area contributed by atoms with E-state index in [1.54, 1.807) is 18.2 Å². The number of hydrogen-bond donors (Lipinski definition) is 1. The normalized spacial score (nSPS) is 9.83. The van der Waals surface area contributed by atoms with Gasteiger partial charge in [0.05, 0.1) is 7.11 Å². The molecule has 1 aromatic heterocycles. The molecule has 4 nitrogen and oxygen atoms in total. The van der Waals surface area contributed by atoms with Gasteiger partial charge in [0.25, 0.3) is 0 Å². The first kappa shape index (κ1) is 11.9. The van der Waals surface area contributed by atoms with Gasteiger partial charge in [-0.05, 0) is 6.07 Å². The molecule has 0 saturated carbocycles. The molecular formula is C13H10FN3O. The van der Waals surface area contributed by atoms with Crippen molar-refractivity contribution in [1.29, 1.82) is 5.26 Å². The lowest BCUT2D eigenvalue weighted by Crippen LogP contribution is -2.00. The van der Waals surface area contributed by atoms with Gasteiger partial charge < -0.3 is 10.5 Å². The highest BCUT2D eigenvalue weighted by Gasteiger charge is 2.15. The summed E-state index contributed by atoms with van der Waals surface area (Å²) in [6.45, 7) is 0. The number of benzene rings is 1. The van der Waals surface area contributed by atoms with E-state index in [0.29, 0.717) is 11.1 Å². The second-order valence-corrected chi connectivity index (χ2v) is 3.56. The molecule has 0 aliphatic heterocycles. The van der Waals surface area contributed by atoms with Gasteiger partial charge >= 0.3 is 0 Å². The van der Waals surface area contributed by atoms with E-state index in [-0.39, 0.29) is 17.3 Å². The predicted molar refractivity (Wildman–Crippen MR) is 65.3 cm³/mol. The van der Waals surface area contributed by atoms with Gasteiger partial charge in [0.1, 0.15) is 23.3 Å². The van der Waals surface area contributed by atoms with Crippen LogP contribution in [0.4, 0.5) is 10.2 Å². The van der Waals surface area contributed by atoms with E-state index in [2.05, 4.69) is 4.98 Å². The van der Waals surface area contributed by atoms with Crippen LogP contribution >= 0.6 is 0 Å². The topological polar surface area (TPSA) is 71.9 Å². The van der Waals surface area contributed by atoms with E-state index in [1.807, 2.05) is 6.07 Å². The van der Waals surface area contributed by atoms with Crippen molar-refractivity contribution in [2.75, 3.05) is 12.8 Å². The molecule has 0 amide bonds. The second-order valence-electron chi connectivity index (χ2n) is 3.56. The number of nitrogen functional groups attached to an aromatic ring is 1. The minimum atomic E-state index is -0.429. The van der Waals surface area contributed by atoms with E-state index in [4.69, 9.17) is 15.7 Å². The van der Waals surface area contributed by atoms with Crippen LogP contribution in [0.15, 0.2) is 30.3 Å². The molecule has 2 N–H and O–H groups in total. The largest absolute Gasteiger partial charge is 0.481 e. The Morgan fingerprint density at radius 2 is 2.06 bits per heavy atom. The van der Waals surface area contributed by atoms with Gasteiger partial charge in [-0.15, -0.1) is 0 Å². The summed E-state index contributed by atoms with van der Waals surface area (Å²) in [4.78, 5) is 3.89. The maximum Gasteiger partial charge on any atom is 0.215 e. The van der Waals surface area contributed by atoms with Crippen molar-refractivity contribution in [3.05, 3.63) is 41.7 Å². The van der Waals surface area contributed by atoms with Crippen LogP contribution in [0.5, 0.6) is 5.88 Å². The number of hydrogen-bond acceptors (Lipinski definition) is 4. The van der Waals surface area contributed by atoms with Crippen LogP contribution in [0.25, 0.3) is 11.1 Å². The molecule has 0 saturated heterocycles. The third kappa shape index (κ3) is 1.96. The molecule has 5 heteroatoms. The second kappa shape index (κ2) is 4.72. The fourth-order valence-corrected chi connectivity index (χ4v) is 1.65. The average molecular weight is 243 g/mol. The molecule has 0 spiro atoms. The minimum absolute atomic E-state index is 0.0232. The number of pyridine rings is 1. The molecular weight excluding hydrogens is 233 g/mol. The minimum Gasteiger partial charge on any atom is -0.481 e. The summed E-state index contributed by atoms with van der Waals surface area (Å²) in [7, 11) is 1.43. The standard InChI is InChI=1S/C13H10FN3O/c1-18-12-6-9(10(7-15)13(16)17-12)8-4-2-3-5-11(8)14/h2-6H,1H3,(H2,16,17). The number of nitriles is 1. The predicted octanol–water partition coefficient (Wildman–Crippen LogP) is 2.35. The zero-order valence-corrected chi connectivity index (χ0v) is 9.64. The smallest absolute Gasteiger partial charge is 0.215 e. The van der Waals surface area contributed by atoms with Gasteiger partial charge in [0, 0.05) is 17.2 Å². The SMILES string of the molecule is COc1cc(-c2ccccc2F)c(C#N)c(N)n1. The first-order valence-electron chi connectivity index (χ1n) is 5.17. The third-order valence-electron chi connectivity index (χ3n) is 2.51. The fraction of sp³-hybridized carbons (Fsp3) is 0.0769. The number of aromatic nitrogens is 1. The summed E-state index contributed by atoms with van der Waals surface area (Å²) in [5.41, 5.74) is 6.47. The number of anilines is 1. The number of nitrogens with two attached hydrogens (primary N) is 1. The molecule has 0 bridgehead atoms. The van der Waals surface area contributed by atoms with E-state index in [0.717, 1.165) is 0 Å². The fourth-order valence-electron chi connectivity index (χ4n) is 1.65. The molecule has 18 heavy (non-hydrogen) atoms. The highest BCUT2D eigenvalue weighted by atomic mass is 19.1. The maximum atomic E-state index is 13.7. The summed E-state index contributed by atoms with van der Waals surface area (Å²) >= 11 is 0. The monoisotopic (exact) mass is 243 g/mol. The lowest BCUT2D eigenvalue weighted by molar-refractivity contribution is 0.399. The van der Waals surface area contributed by atoms with Crippen LogP contribution < -0.4 is 10.5 Å². The van der Waals surface area contributed by atoms with Crippen LogP contribution in [0.1, 0.15) is 5.56 Å². The summed E-state index contributed by atoms with van der Waals surface area (Å²) in [6.07, 6.45) is 0. The lowest BCUT2D eigenvalue weighted by Gasteiger charge is -2.09. The Morgan fingerprint density at radius 3 is 2.67 bits per heavy atom. The molecule has 2 rings (SSSR count). The Hall–Kier alpha value is -2.61. The van der Waals surface area contributed by atoms with Crippen LogP contribution in [-0.2, 0) is 0 Å². The van der Waals surface area contributed by atoms with Crippen molar-refractivity contribution in [1.82, 2.24) is 4.98 Å². The molecule has 90 valence electrons. The number of halogens is 1. The zero-order chi connectivity index (χ0) is 13.1. The average Bonchev–Trinajstić information content (AvgIpc) is 2.38. The van der Waals surface area contributed by atoms with Crippen molar-refractivity contribution >= 4 is 5.82 Å². The zero-order valence-electron chi connectivity index (χ0n) is 9.64. The van der Waals surface area contributed by atoms with Crippen LogP contribution in [0.3, 0.4) is 0 Å². The Kier molecular flexibility index (Phi) is 3.11. The molecule has 0 atom stereocenters. The van der Waals surface area contributed by atoms with Crippen molar-refractivity contribution < 1.29 is 9.13 Å².